The molecular weight excluding hydrogens is 248 g/mol. The van der Waals surface area contributed by atoms with Crippen LogP contribution in [0.2, 0.25) is 0 Å². The molecule has 0 heterocycles. The van der Waals surface area contributed by atoms with Gasteiger partial charge in [-0.1, -0.05) is 32.4 Å². The number of hydrogen-bond acceptors (Lipinski definition) is 3. The summed E-state index contributed by atoms with van der Waals surface area (Å²) < 4.78 is 26.5. The second-order valence-electron chi connectivity index (χ2n) is 4.34. The van der Waals surface area contributed by atoms with Crippen LogP contribution >= 0.6 is 0 Å². The van der Waals surface area contributed by atoms with E-state index in [1.54, 1.807) is 12.1 Å². The van der Waals surface area contributed by atoms with Crippen molar-refractivity contribution < 1.29 is 8.42 Å². The van der Waals surface area contributed by atoms with Crippen molar-refractivity contribution in [3.8, 4) is 6.07 Å². The quantitative estimate of drug-likeness (QED) is 0.857. The molecule has 0 aliphatic heterocycles. The lowest BCUT2D eigenvalue weighted by Gasteiger charge is -2.11. The fourth-order valence-electron chi connectivity index (χ4n) is 1.36. The minimum absolute atomic E-state index is 0.243. The van der Waals surface area contributed by atoms with E-state index in [9.17, 15) is 8.42 Å². The lowest BCUT2D eigenvalue weighted by Crippen LogP contribution is -2.28. The molecule has 1 unspecified atom stereocenters. The van der Waals surface area contributed by atoms with E-state index < -0.39 is 10.0 Å². The van der Waals surface area contributed by atoms with E-state index in [0.717, 1.165) is 12.0 Å². The summed E-state index contributed by atoms with van der Waals surface area (Å²) >= 11 is 0. The van der Waals surface area contributed by atoms with Crippen molar-refractivity contribution >= 4 is 10.0 Å². The van der Waals surface area contributed by atoms with Crippen molar-refractivity contribution in [2.24, 2.45) is 5.92 Å². The van der Waals surface area contributed by atoms with Gasteiger partial charge in [0, 0.05) is 6.54 Å². The van der Waals surface area contributed by atoms with Crippen LogP contribution in [0.25, 0.3) is 0 Å². The maximum absolute atomic E-state index is 11.9. The van der Waals surface area contributed by atoms with E-state index in [4.69, 9.17) is 5.26 Å². The van der Waals surface area contributed by atoms with E-state index in [2.05, 4.69) is 4.72 Å². The average molecular weight is 266 g/mol. The number of rotatable bonds is 6. The normalized spacial score (nSPS) is 12.9. The average Bonchev–Trinajstić information content (AvgIpc) is 2.37. The molecule has 1 aromatic rings. The maximum Gasteiger partial charge on any atom is 0.240 e. The lowest BCUT2D eigenvalue weighted by atomic mass is 10.1. The van der Waals surface area contributed by atoms with Crippen molar-refractivity contribution in [2.45, 2.75) is 31.6 Å². The highest BCUT2D eigenvalue weighted by Crippen LogP contribution is 2.11. The summed E-state index contributed by atoms with van der Waals surface area (Å²) in [4.78, 5) is 0.243. The molecule has 0 saturated heterocycles. The number of nitriles is 1. The van der Waals surface area contributed by atoms with Gasteiger partial charge in [-0.05, 0) is 23.6 Å². The van der Waals surface area contributed by atoms with Gasteiger partial charge in [0.1, 0.15) is 0 Å². The Morgan fingerprint density at radius 3 is 2.44 bits per heavy atom. The number of nitrogens with zero attached hydrogens (tertiary/aromatic N) is 1. The smallest absolute Gasteiger partial charge is 0.211 e. The van der Waals surface area contributed by atoms with E-state index in [-0.39, 0.29) is 4.90 Å². The molecule has 98 valence electrons. The maximum atomic E-state index is 11.9. The van der Waals surface area contributed by atoms with Crippen LogP contribution in [0, 0.1) is 17.2 Å². The van der Waals surface area contributed by atoms with Crippen molar-refractivity contribution in [3.63, 3.8) is 0 Å². The first-order chi connectivity index (χ1) is 8.49. The highest BCUT2D eigenvalue weighted by molar-refractivity contribution is 7.89. The van der Waals surface area contributed by atoms with Crippen molar-refractivity contribution in [2.75, 3.05) is 6.54 Å². The summed E-state index contributed by atoms with van der Waals surface area (Å²) in [5.41, 5.74) is 0.818. The van der Waals surface area contributed by atoms with Crippen LogP contribution in [-0.2, 0) is 16.4 Å². The SMILES string of the molecule is CCC(C)CNS(=O)(=O)c1ccc(CC#N)cc1. The molecule has 18 heavy (non-hydrogen) atoms. The monoisotopic (exact) mass is 266 g/mol. The van der Waals surface area contributed by atoms with Gasteiger partial charge < -0.3 is 0 Å². The molecule has 1 atom stereocenters. The summed E-state index contributed by atoms with van der Waals surface area (Å²) in [5, 5.41) is 8.54. The van der Waals surface area contributed by atoms with E-state index in [1.165, 1.54) is 12.1 Å². The Labute approximate surface area is 109 Å². The molecule has 1 N–H and O–H groups in total. The number of benzene rings is 1. The van der Waals surface area contributed by atoms with Gasteiger partial charge in [0.25, 0.3) is 0 Å². The Hall–Kier alpha value is -1.38. The molecule has 0 amide bonds. The van der Waals surface area contributed by atoms with E-state index >= 15 is 0 Å². The van der Waals surface area contributed by atoms with Crippen LogP contribution in [0.15, 0.2) is 29.2 Å². The Kier molecular flexibility index (Phi) is 5.32. The van der Waals surface area contributed by atoms with Gasteiger partial charge in [0.2, 0.25) is 10.0 Å². The molecule has 1 aromatic carbocycles. The van der Waals surface area contributed by atoms with Crippen LogP contribution in [0.5, 0.6) is 0 Å². The number of hydrogen-bond donors (Lipinski definition) is 1. The largest absolute Gasteiger partial charge is 0.240 e. The van der Waals surface area contributed by atoms with Crippen molar-refractivity contribution in [3.05, 3.63) is 29.8 Å². The summed E-state index contributed by atoms with van der Waals surface area (Å²) in [7, 11) is -3.43. The van der Waals surface area contributed by atoms with E-state index in [1.807, 2.05) is 19.9 Å². The summed E-state index contributed by atoms with van der Waals surface area (Å²) in [6.07, 6.45) is 1.23. The van der Waals surface area contributed by atoms with Gasteiger partial charge >= 0.3 is 0 Å². The van der Waals surface area contributed by atoms with Crippen molar-refractivity contribution in [1.82, 2.24) is 4.72 Å². The van der Waals surface area contributed by atoms with Gasteiger partial charge in [0.15, 0.2) is 0 Å². The summed E-state index contributed by atoms with van der Waals surface area (Å²) in [6.45, 7) is 4.47. The minimum atomic E-state index is -3.43. The third-order valence-corrected chi connectivity index (χ3v) is 4.28. The second kappa shape index (κ2) is 6.53. The molecule has 0 aromatic heterocycles. The Morgan fingerprint density at radius 2 is 1.94 bits per heavy atom. The summed E-state index contributed by atoms with van der Waals surface area (Å²) in [6, 6.07) is 8.43. The zero-order valence-corrected chi connectivity index (χ0v) is 11.5. The van der Waals surface area contributed by atoms with Gasteiger partial charge in [-0.3, -0.25) is 0 Å². The third kappa shape index (κ3) is 4.13. The van der Waals surface area contributed by atoms with Crippen LogP contribution in [0.4, 0.5) is 0 Å². The van der Waals surface area contributed by atoms with Gasteiger partial charge in [-0.15, -0.1) is 0 Å². The van der Waals surface area contributed by atoms with Crippen molar-refractivity contribution in [1.29, 1.82) is 5.26 Å². The minimum Gasteiger partial charge on any atom is -0.211 e. The molecule has 5 heteroatoms. The first kappa shape index (κ1) is 14.7. The predicted molar refractivity (Wildman–Crippen MR) is 70.4 cm³/mol. The molecule has 4 nitrogen and oxygen atoms in total. The Balaban J connectivity index is 2.76. The van der Waals surface area contributed by atoms with Crippen LogP contribution < -0.4 is 4.72 Å². The molecule has 0 aliphatic carbocycles. The Bertz CT molecular complexity index is 515. The molecule has 0 aliphatic rings. The fourth-order valence-corrected chi connectivity index (χ4v) is 2.52. The zero-order valence-electron chi connectivity index (χ0n) is 10.7. The second-order valence-corrected chi connectivity index (χ2v) is 6.11. The molecular formula is C13H18N2O2S. The van der Waals surface area contributed by atoms with Gasteiger partial charge in [-0.2, -0.15) is 5.26 Å². The molecule has 0 saturated carbocycles. The molecule has 0 fully saturated rings. The highest BCUT2D eigenvalue weighted by atomic mass is 32.2. The topological polar surface area (TPSA) is 70.0 Å². The summed E-state index contributed by atoms with van der Waals surface area (Å²) in [5.74, 6) is 0.317. The highest BCUT2D eigenvalue weighted by Gasteiger charge is 2.14. The number of nitrogens with one attached hydrogen (secondary N) is 1. The zero-order chi connectivity index (χ0) is 13.6. The molecule has 0 bridgehead atoms. The van der Waals surface area contributed by atoms with Crippen LogP contribution in [0.1, 0.15) is 25.8 Å². The standard InChI is InChI=1S/C13H18N2O2S/c1-3-11(2)10-15-18(16,17)13-6-4-12(5-7-13)8-9-14/h4-7,11,15H,3,8,10H2,1-2H3. The first-order valence-corrected chi connectivity index (χ1v) is 7.43. The fraction of sp³-hybridized carbons (Fsp3) is 0.462. The van der Waals surface area contributed by atoms with Crippen LogP contribution in [0.3, 0.4) is 0 Å². The Morgan fingerprint density at radius 1 is 1.33 bits per heavy atom. The molecule has 0 spiro atoms. The molecule has 0 radical (unpaired) electrons. The van der Waals surface area contributed by atoms with Gasteiger partial charge in [-0.25, -0.2) is 13.1 Å². The predicted octanol–water partition coefficient (Wildman–Crippen LogP) is 2.08. The van der Waals surface area contributed by atoms with Gasteiger partial charge in [0.05, 0.1) is 17.4 Å². The van der Waals surface area contributed by atoms with E-state index in [0.29, 0.717) is 18.9 Å². The first-order valence-electron chi connectivity index (χ1n) is 5.95. The number of sulfonamides is 1. The third-order valence-electron chi connectivity index (χ3n) is 2.84. The van der Waals surface area contributed by atoms with Crippen LogP contribution in [-0.4, -0.2) is 15.0 Å². The lowest BCUT2D eigenvalue weighted by molar-refractivity contribution is 0.528. The molecule has 1 rings (SSSR count).